The van der Waals surface area contributed by atoms with E-state index in [-0.39, 0.29) is 6.04 Å². The summed E-state index contributed by atoms with van der Waals surface area (Å²) in [6.45, 7) is 4.13. The minimum absolute atomic E-state index is 0.0709. The first-order valence-corrected chi connectivity index (χ1v) is 7.21. The largest absolute Gasteiger partial charge is 0.496 e. The number of nitrogens with two attached hydrogens (primary N) is 1. The van der Waals surface area contributed by atoms with E-state index in [9.17, 15) is 0 Å². The van der Waals surface area contributed by atoms with Crippen molar-refractivity contribution < 1.29 is 4.74 Å². The van der Waals surface area contributed by atoms with E-state index < -0.39 is 0 Å². The van der Waals surface area contributed by atoms with Gasteiger partial charge < -0.3 is 15.4 Å². The maximum absolute atomic E-state index is 5.96. The molecule has 0 aliphatic heterocycles. The van der Waals surface area contributed by atoms with Gasteiger partial charge in [-0.05, 0) is 50.4 Å². The number of nitrogens with zero attached hydrogens (tertiary/aromatic N) is 1. The molecule has 1 saturated carbocycles. The van der Waals surface area contributed by atoms with Gasteiger partial charge in [0.05, 0.1) is 7.11 Å². The lowest BCUT2D eigenvalue weighted by Crippen LogP contribution is -2.29. The van der Waals surface area contributed by atoms with Gasteiger partial charge >= 0.3 is 0 Å². The molecule has 1 aliphatic rings. The fourth-order valence-corrected chi connectivity index (χ4v) is 2.68. The third kappa shape index (κ3) is 3.71. The number of methoxy groups -OCH3 is 1. The molecule has 1 unspecified atom stereocenters. The van der Waals surface area contributed by atoms with Crippen LogP contribution in [0.1, 0.15) is 43.4 Å². The molecule has 0 radical (unpaired) electrons. The molecule has 0 amide bonds. The smallest absolute Gasteiger partial charge is 0.123 e. The topological polar surface area (TPSA) is 38.5 Å². The lowest BCUT2D eigenvalue weighted by molar-refractivity contribution is 0.199. The molecule has 1 atom stereocenters. The fraction of sp³-hybridized carbons (Fsp3) is 0.625. The molecule has 0 spiro atoms. The summed E-state index contributed by atoms with van der Waals surface area (Å²) in [5, 5.41) is 0. The highest BCUT2D eigenvalue weighted by molar-refractivity contribution is 5.38. The van der Waals surface area contributed by atoms with E-state index in [1.54, 1.807) is 7.11 Å². The summed E-state index contributed by atoms with van der Waals surface area (Å²) in [7, 11) is 3.92. The molecule has 2 N–H and O–H groups in total. The van der Waals surface area contributed by atoms with Crippen LogP contribution in [-0.4, -0.2) is 25.6 Å². The highest BCUT2D eigenvalue weighted by atomic mass is 16.5. The summed E-state index contributed by atoms with van der Waals surface area (Å²) in [6, 6.07) is 6.34. The summed E-state index contributed by atoms with van der Waals surface area (Å²) in [6.07, 6.45) is 4.19. The summed E-state index contributed by atoms with van der Waals surface area (Å²) in [5.74, 6) is 1.86. The van der Waals surface area contributed by atoms with Crippen molar-refractivity contribution in [3.63, 3.8) is 0 Å². The van der Waals surface area contributed by atoms with Crippen LogP contribution in [0, 0.1) is 5.92 Å². The number of benzene rings is 1. The maximum Gasteiger partial charge on any atom is 0.123 e. The summed E-state index contributed by atoms with van der Waals surface area (Å²) in [5.41, 5.74) is 8.37. The summed E-state index contributed by atoms with van der Waals surface area (Å²) < 4.78 is 5.46. The van der Waals surface area contributed by atoms with Crippen molar-refractivity contribution in [2.24, 2.45) is 11.7 Å². The van der Waals surface area contributed by atoms with Gasteiger partial charge in [-0.2, -0.15) is 0 Å². The van der Waals surface area contributed by atoms with Crippen molar-refractivity contribution in [1.29, 1.82) is 0 Å². The Bertz CT molecular complexity index is 413. The van der Waals surface area contributed by atoms with Gasteiger partial charge in [0.25, 0.3) is 0 Å². The van der Waals surface area contributed by atoms with Crippen LogP contribution < -0.4 is 10.5 Å². The van der Waals surface area contributed by atoms with Crippen molar-refractivity contribution in [3.05, 3.63) is 29.3 Å². The van der Waals surface area contributed by atoms with Gasteiger partial charge in [-0.3, -0.25) is 0 Å². The van der Waals surface area contributed by atoms with Crippen LogP contribution in [0.25, 0.3) is 0 Å². The Morgan fingerprint density at radius 2 is 2.16 bits per heavy atom. The van der Waals surface area contributed by atoms with Crippen molar-refractivity contribution in [1.82, 2.24) is 4.90 Å². The van der Waals surface area contributed by atoms with Crippen LogP contribution in [0.3, 0.4) is 0 Å². The predicted molar refractivity (Wildman–Crippen MR) is 79.3 cm³/mol. The second kappa shape index (κ2) is 6.40. The van der Waals surface area contributed by atoms with Crippen molar-refractivity contribution >= 4 is 0 Å². The molecule has 1 aromatic carbocycles. The number of hydrogen-bond acceptors (Lipinski definition) is 3. The van der Waals surface area contributed by atoms with E-state index in [1.165, 1.54) is 36.9 Å². The zero-order valence-electron chi connectivity index (χ0n) is 12.4. The van der Waals surface area contributed by atoms with Gasteiger partial charge in [-0.1, -0.05) is 12.5 Å². The van der Waals surface area contributed by atoms with Crippen LogP contribution in [-0.2, 0) is 6.54 Å². The van der Waals surface area contributed by atoms with Gasteiger partial charge in [0.2, 0.25) is 0 Å². The van der Waals surface area contributed by atoms with Gasteiger partial charge in [-0.25, -0.2) is 0 Å². The molecule has 1 aromatic rings. The maximum atomic E-state index is 5.96. The Hall–Kier alpha value is -1.06. The molecule has 3 nitrogen and oxygen atoms in total. The van der Waals surface area contributed by atoms with Crippen LogP contribution in [0.5, 0.6) is 5.75 Å². The molecule has 3 heteroatoms. The van der Waals surface area contributed by atoms with Crippen molar-refractivity contribution in [2.45, 2.75) is 38.8 Å². The first kappa shape index (κ1) is 14.4. The third-order valence-corrected chi connectivity index (χ3v) is 4.07. The Morgan fingerprint density at radius 1 is 1.42 bits per heavy atom. The molecular weight excluding hydrogens is 236 g/mol. The first-order chi connectivity index (χ1) is 9.10. The first-order valence-electron chi connectivity index (χ1n) is 7.21. The number of hydrogen-bond donors (Lipinski definition) is 1. The SMILES string of the molecule is COc1ccc(C(C)N)cc1CN(C)CC1CCC1. The molecule has 106 valence electrons. The number of ether oxygens (including phenoxy) is 1. The molecule has 0 saturated heterocycles. The van der Waals surface area contributed by atoms with E-state index in [2.05, 4.69) is 24.1 Å². The fourth-order valence-electron chi connectivity index (χ4n) is 2.68. The van der Waals surface area contributed by atoms with Crippen molar-refractivity contribution in [3.8, 4) is 5.75 Å². The van der Waals surface area contributed by atoms with E-state index in [0.717, 1.165) is 18.2 Å². The van der Waals surface area contributed by atoms with E-state index in [0.29, 0.717) is 0 Å². The Balaban J connectivity index is 2.05. The normalized spacial score (nSPS) is 17.3. The Kier molecular flexibility index (Phi) is 4.83. The molecule has 1 aliphatic carbocycles. The Labute approximate surface area is 116 Å². The third-order valence-electron chi connectivity index (χ3n) is 4.07. The predicted octanol–water partition coefficient (Wildman–Crippen LogP) is 2.95. The van der Waals surface area contributed by atoms with Crippen LogP contribution in [0.2, 0.25) is 0 Å². The summed E-state index contributed by atoms with van der Waals surface area (Å²) >= 11 is 0. The quantitative estimate of drug-likeness (QED) is 0.856. The minimum atomic E-state index is 0.0709. The van der Waals surface area contributed by atoms with Crippen LogP contribution in [0.15, 0.2) is 18.2 Å². The van der Waals surface area contributed by atoms with Gasteiger partial charge in [-0.15, -0.1) is 0 Å². The highest BCUT2D eigenvalue weighted by Gasteiger charge is 2.19. The average Bonchev–Trinajstić information content (AvgIpc) is 2.33. The average molecular weight is 262 g/mol. The molecule has 2 rings (SSSR count). The molecule has 0 bridgehead atoms. The molecule has 19 heavy (non-hydrogen) atoms. The second-order valence-electron chi connectivity index (χ2n) is 5.85. The highest BCUT2D eigenvalue weighted by Crippen LogP contribution is 2.28. The Morgan fingerprint density at radius 3 is 2.68 bits per heavy atom. The second-order valence-corrected chi connectivity index (χ2v) is 5.85. The standard InChI is InChI=1S/C16H26N2O/c1-12(17)14-7-8-16(19-3)15(9-14)11-18(2)10-13-5-4-6-13/h7-9,12-13H,4-6,10-11,17H2,1-3H3. The molecule has 1 fully saturated rings. The molecule has 0 heterocycles. The zero-order chi connectivity index (χ0) is 13.8. The van der Waals surface area contributed by atoms with E-state index in [4.69, 9.17) is 10.5 Å². The van der Waals surface area contributed by atoms with Gasteiger partial charge in [0.1, 0.15) is 5.75 Å². The number of rotatable bonds is 6. The zero-order valence-corrected chi connectivity index (χ0v) is 12.4. The molecular formula is C16H26N2O. The summed E-state index contributed by atoms with van der Waals surface area (Å²) in [4.78, 5) is 2.40. The molecule has 0 aromatic heterocycles. The van der Waals surface area contributed by atoms with Gasteiger partial charge in [0.15, 0.2) is 0 Å². The van der Waals surface area contributed by atoms with E-state index in [1.807, 2.05) is 13.0 Å². The van der Waals surface area contributed by atoms with Crippen LogP contribution in [0.4, 0.5) is 0 Å². The van der Waals surface area contributed by atoms with E-state index >= 15 is 0 Å². The lowest BCUT2D eigenvalue weighted by Gasteiger charge is -2.30. The monoisotopic (exact) mass is 262 g/mol. The van der Waals surface area contributed by atoms with Gasteiger partial charge in [0, 0.05) is 24.7 Å². The van der Waals surface area contributed by atoms with Crippen LogP contribution >= 0.6 is 0 Å². The minimum Gasteiger partial charge on any atom is -0.496 e. The lowest BCUT2D eigenvalue weighted by atomic mass is 9.85. The van der Waals surface area contributed by atoms with Crippen molar-refractivity contribution in [2.75, 3.05) is 20.7 Å².